The van der Waals surface area contributed by atoms with Crippen LogP contribution in [0.25, 0.3) is 0 Å². The van der Waals surface area contributed by atoms with E-state index in [9.17, 15) is 14.4 Å². The lowest BCUT2D eigenvalue weighted by Crippen LogP contribution is -2.48. The molecule has 0 radical (unpaired) electrons. The topological polar surface area (TPSA) is 106 Å². The van der Waals surface area contributed by atoms with E-state index in [0.29, 0.717) is 25.7 Å². The number of carbonyl (C=O) groups is 3. The van der Waals surface area contributed by atoms with E-state index in [1.165, 1.54) is 7.11 Å². The molecule has 1 aliphatic carbocycles. The van der Waals surface area contributed by atoms with Crippen LogP contribution in [0.4, 0.5) is 4.79 Å². The van der Waals surface area contributed by atoms with E-state index in [0.717, 1.165) is 0 Å². The summed E-state index contributed by atoms with van der Waals surface area (Å²) in [4.78, 5) is 34.9. The highest BCUT2D eigenvalue weighted by molar-refractivity contribution is 5.83. The molecule has 0 heterocycles. The Balaban J connectivity index is 2.28. The zero-order valence-corrected chi connectivity index (χ0v) is 14.2. The molecule has 0 bridgehead atoms. The van der Waals surface area contributed by atoms with Gasteiger partial charge in [0.2, 0.25) is 5.91 Å². The van der Waals surface area contributed by atoms with Crippen LogP contribution in [0.3, 0.4) is 0 Å². The van der Waals surface area contributed by atoms with Crippen molar-refractivity contribution in [2.45, 2.75) is 58.1 Å². The number of hydrazine groups is 1. The summed E-state index contributed by atoms with van der Waals surface area (Å²) >= 11 is 0. The van der Waals surface area contributed by atoms with Crippen LogP contribution in [-0.2, 0) is 19.1 Å². The molecule has 1 rings (SSSR count). The average Bonchev–Trinajstić information content (AvgIpc) is 2.44. The minimum atomic E-state index is -0.526. The van der Waals surface area contributed by atoms with Crippen LogP contribution >= 0.6 is 0 Å². The zero-order valence-electron chi connectivity index (χ0n) is 14.2. The summed E-state index contributed by atoms with van der Waals surface area (Å²) in [6, 6.07) is 0.0111. The molecule has 132 valence electrons. The fraction of sp³-hybridized carbons (Fsp3) is 0.800. The molecule has 1 fully saturated rings. The maximum atomic E-state index is 11.9. The summed E-state index contributed by atoms with van der Waals surface area (Å²) in [6.07, 6.45) is 2.25. The lowest BCUT2D eigenvalue weighted by atomic mass is 9.85. The third-order valence-electron chi connectivity index (χ3n) is 3.42. The summed E-state index contributed by atoms with van der Waals surface area (Å²) in [5.74, 6) is -0.791. The van der Waals surface area contributed by atoms with Gasteiger partial charge in [-0.15, -0.1) is 0 Å². The summed E-state index contributed by atoms with van der Waals surface area (Å²) in [7, 11) is 1.40. The Hall–Kier alpha value is -1.83. The highest BCUT2D eigenvalue weighted by Gasteiger charge is 2.28. The molecule has 0 aliphatic heterocycles. The first-order valence-electron chi connectivity index (χ1n) is 7.78. The summed E-state index contributed by atoms with van der Waals surface area (Å²) in [5.41, 5.74) is 4.16. The normalized spacial score (nSPS) is 21.2. The number of methoxy groups -OCH3 is 1. The molecule has 1 aliphatic rings. The molecule has 23 heavy (non-hydrogen) atoms. The van der Waals surface area contributed by atoms with Gasteiger partial charge in [-0.3, -0.25) is 20.4 Å². The van der Waals surface area contributed by atoms with Gasteiger partial charge < -0.3 is 14.8 Å². The molecule has 3 amide bonds. The van der Waals surface area contributed by atoms with E-state index < -0.39 is 17.6 Å². The summed E-state index contributed by atoms with van der Waals surface area (Å²) in [6.45, 7) is 5.33. The van der Waals surface area contributed by atoms with Gasteiger partial charge in [0.25, 0.3) is 5.91 Å². The number of rotatable bonds is 4. The van der Waals surface area contributed by atoms with Crippen molar-refractivity contribution in [3.8, 4) is 0 Å². The van der Waals surface area contributed by atoms with Crippen LogP contribution in [0.1, 0.15) is 46.5 Å². The predicted molar refractivity (Wildman–Crippen MR) is 83.3 cm³/mol. The molecule has 0 unspecified atom stereocenters. The van der Waals surface area contributed by atoms with E-state index >= 15 is 0 Å². The lowest BCUT2D eigenvalue weighted by molar-refractivity contribution is -0.133. The number of hydrogen-bond acceptors (Lipinski definition) is 5. The van der Waals surface area contributed by atoms with E-state index in [-0.39, 0.29) is 24.5 Å². The van der Waals surface area contributed by atoms with Gasteiger partial charge in [-0.1, -0.05) is 0 Å². The van der Waals surface area contributed by atoms with Gasteiger partial charge in [0, 0.05) is 19.1 Å². The second-order valence-corrected chi connectivity index (χ2v) is 6.67. The van der Waals surface area contributed by atoms with Crippen molar-refractivity contribution < 1.29 is 23.9 Å². The Labute approximate surface area is 136 Å². The minimum Gasteiger partial charge on any atom is -0.444 e. The maximum Gasteiger partial charge on any atom is 0.407 e. The van der Waals surface area contributed by atoms with Crippen molar-refractivity contribution >= 4 is 17.9 Å². The van der Waals surface area contributed by atoms with Crippen molar-refractivity contribution in [3.63, 3.8) is 0 Å². The molecule has 8 heteroatoms. The maximum absolute atomic E-state index is 11.9. The standard InChI is InChI=1S/C15H27N3O5/c1-15(2,3)23-14(21)16-11-7-5-10(6-8-11)13(20)18-17-12(19)9-22-4/h10-11H,5-9H2,1-4H3,(H,16,21)(H,17,19)(H,18,20)/t10-,11-. The molecule has 0 aromatic carbocycles. The zero-order chi connectivity index (χ0) is 17.5. The third kappa shape index (κ3) is 7.83. The van der Waals surface area contributed by atoms with Crippen molar-refractivity contribution in [2.24, 2.45) is 5.92 Å². The quantitative estimate of drug-likeness (QED) is 0.664. The van der Waals surface area contributed by atoms with Gasteiger partial charge in [-0.05, 0) is 46.5 Å². The fourth-order valence-corrected chi connectivity index (χ4v) is 2.37. The first kappa shape index (κ1) is 19.2. The molecule has 1 saturated carbocycles. The number of hydrogen-bond donors (Lipinski definition) is 3. The van der Waals surface area contributed by atoms with Gasteiger partial charge >= 0.3 is 6.09 Å². The van der Waals surface area contributed by atoms with Crippen molar-refractivity contribution in [2.75, 3.05) is 13.7 Å². The SMILES string of the molecule is COCC(=O)NNC(=O)[C@H]1CC[C@H](NC(=O)OC(C)(C)C)CC1. The van der Waals surface area contributed by atoms with E-state index in [1.807, 2.05) is 20.8 Å². The Morgan fingerprint density at radius 3 is 2.17 bits per heavy atom. The number of alkyl carbamates (subject to hydrolysis) is 1. The van der Waals surface area contributed by atoms with Gasteiger partial charge in [-0.25, -0.2) is 4.79 Å². The van der Waals surface area contributed by atoms with Crippen molar-refractivity contribution in [3.05, 3.63) is 0 Å². The molecule has 8 nitrogen and oxygen atoms in total. The largest absolute Gasteiger partial charge is 0.444 e. The van der Waals surface area contributed by atoms with E-state index in [1.54, 1.807) is 0 Å². The van der Waals surface area contributed by atoms with Crippen LogP contribution in [0.5, 0.6) is 0 Å². The van der Waals surface area contributed by atoms with Gasteiger partial charge in [-0.2, -0.15) is 0 Å². The molecular formula is C15H27N3O5. The van der Waals surface area contributed by atoms with Gasteiger partial charge in [0.1, 0.15) is 12.2 Å². The first-order chi connectivity index (χ1) is 10.7. The Kier molecular flexibility index (Phi) is 7.28. The van der Waals surface area contributed by atoms with Gasteiger partial charge in [0.15, 0.2) is 0 Å². The third-order valence-corrected chi connectivity index (χ3v) is 3.42. The monoisotopic (exact) mass is 329 g/mol. The average molecular weight is 329 g/mol. The first-order valence-corrected chi connectivity index (χ1v) is 7.78. The lowest BCUT2D eigenvalue weighted by Gasteiger charge is -2.29. The van der Waals surface area contributed by atoms with Crippen LogP contribution in [0.2, 0.25) is 0 Å². The summed E-state index contributed by atoms with van der Waals surface area (Å²) in [5, 5.41) is 2.82. The van der Waals surface area contributed by atoms with E-state index in [2.05, 4.69) is 20.9 Å². The highest BCUT2D eigenvalue weighted by Crippen LogP contribution is 2.24. The number of ether oxygens (including phenoxy) is 2. The van der Waals surface area contributed by atoms with Crippen LogP contribution in [0.15, 0.2) is 0 Å². The molecule has 0 aromatic rings. The smallest absolute Gasteiger partial charge is 0.407 e. The van der Waals surface area contributed by atoms with Crippen molar-refractivity contribution in [1.29, 1.82) is 0 Å². The second kappa shape index (κ2) is 8.71. The second-order valence-electron chi connectivity index (χ2n) is 6.67. The molecule has 3 N–H and O–H groups in total. The molecule has 0 aromatic heterocycles. The number of amides is 3. The Bertz CT molecular complexity index is 425. The molecule has 0 spiro atoms. The molecule has 0 saturated heterocycles. The number of nitrogens with one attached hydrogen (secondary N) is 3. The van der Waals surface area contributed by atoms with Crippen LogP contribution in [0, 0.1) is 5.92 Å². The molecule has 0 atom stereocenters. The Morgan fingerprint density at radius 2 is 1.65 bits per heavy atom. The minimum absolute atomic E-state index is 0.0111. The Morgan fingerprint density at radius 1 is 1.04 bits per heavy atom. The van der Waals surface area contributed by atoms with Crippen LogP contribution in [-0.4, -0.2) is 43.3 Å². The van der Waals surface area contributed by atoms with Crippen molar-refractivity contribution in [1.82, 2.24) is 16.2 Å². The molecular weight excluding hydrogens is 302 g/mol. The predicted octanol–water partition coefficient (Wildman–Crippen LogP) is 0.864. The van der Waals surface area contributed by atoms with Crippen LogP contribution < -0.4 is 16.2 Å². The number of carbonyl (C=O) groups excluding carboxylic acids is 3. The summed E-state index contributed by atoms with van der Waals surface area (Å²) < 4.78 is 9.87. The fourth-order valence-electron chi connectivity index (χ4n) is 2.37. The highest BCUT2D eigenvalue weighted by atomic mass is 16.6. The van der Waals surface area contributed by atoms with E-state index in [4.69, 9.17) is 4.74 Å². The van der Waals surface area contributed by atoms with Gasteiger partial charge in [0.05, 0.1) is 0 Å².